The summed E-state index contributed by atoms with van der Waals surface area (Å²) in [6.45, 7) is 20.9. The molecule has 0 aliphatic carbocycles. The van der Waals surface area contributed by atoms with Crippen LogP contribution in [-0.4, -0.2) is 29.4 Å². The Hall–Kier alpha value is 0.277. The van der Waals surface area contributed by atoms with Crippen LogP contribution in [0.2, 0.25) is 54.0 Å². The molecular weight excluding hydrogens is 321 g/mol. The molecule has 0 bridgehead atoms. The van der Waals surface area contributed by atoms with Gasteiger partial charge in [0.1, 0.15) is 0 Å². The fourth-order valence-corrected chi connectivity index (χ4v) is 16.2. The fourth-order valence-electron chi connectivity index (χ4n) is 2.12. The van der Waals surface area contributed by atoms with E-state index < -0.39 is 29.4 Å². The molecule has 0 aromatic heterocycles. The van der Waals surface area contributed by atoms with Gasteiger partial charge in [-0.05, 0) is 0 Å². The fraction of sp³-hybridized carbons (Fsp3) is 0.750. The Kier molecular flexibility index (Phi) is 8.02. The summed E-state index contributed by atoms with van der Waals surface area (Å²) in [4.78, 5) is 0. The zero-order valence-electron chi connectivity index (χ0n) is 14.3. The van der Waals surface area contributed by atoms with Crippen molar-refractivity contribution in [2.45, 2.75) is 74.8 Å². The van der Waals surface area contributed by atoms with Crippen LogP contribution in [0.4, 0.5) is 0 Å². The zero-order chi connectivity index (χ0) is 15.2. The Morgan fingerprint density at radius 1 is 0.947 bits per heavy atom. The molecule has 0 rings (SSSR count). The van der Waals surface area contributed by atoms with E-state index in [4.69, 9.17) is 0 Å². The molecule has 0 nitrogen and oxygen atoms in total. The van der Waals surface area contributed by atoms with Gasteiger partial charge in [-0.1, -0.05) is 0 Å². The average molecular weight is 355 g/mol. The van der Waals surface area contributed by atoms with E-state index in [-0.39, 0.29) is 0 Å². The van der Waals surface area contributed by atoms with Crippen LogP contribution in [0.25, 0.3) is 0 Å². The van der Waals surface area contributed by atoms with E-state index in [1.165, 1.54) is 27.8 Å². The second-order valence-electron chi connectivity index (χ2n) is 7.17. The first-order valence-electron chi connectivity index (χ1n) is 7.84. The molecule has 0 N–H and O–H groups in total. The number of hydrogen-bond donors (Lipinski definition) is 0. The third-order valence-corrected chi connectivity index (χ3v) is 20.5. The van der Waals surface area contributed by atoms with Crippen LogP contribution in [0, 0.1) is 10.3 Å². The zero-order valence-corrected chi connectivity index (χ0v) is 18.4. The molecule has 0 saturated heterocycles. The van der Waals surface area contributed by atoms with Gasteiger partial charge in [-0.25, -0.2) is 0 Å². The molecule has 0 amide bonds. The van der Waals surface area contributed by atoms with Gasteiger partial charge in [-0.15, -0.1) is 0 Å². The predicted molar refractivity (Wildman–Crippen MR) is 99.7 cm³/mol. The third-order valence-electron chi connectivity index (χ3n) is 4.64. The topological polar surface area (TPSA) is 0 Å². The maximum atomic E-state index is 4.01. The van der Waals surface area contributed by atoms with Crippen LogP contribution >= 0.6 is 0 Å². The van der Waals surface area contributed by atoms with E-state index in [2.05, 4.69) is 69.5 Å². The molecule has 0 aliphatic heterocycles. The van der Waals surface area contributed by atoms with Crippen LogP contribution in [0.1, 0.15) is 20.8 Å². The Morgan fingerprint density at radius 2 is 1.42 bits per heavy atom. The summed E-state index contributed by atoms with van der Waals surface area (Å²) in [5.74, 6) is 0. The van der Waals surface area contributed by atoms with Crippen molar-refractivity contribution >= 4 is 29.4 Å². The number of hydrogen-bond acceptors (Lipinski definition) is 0. The van der Waals surface area contributed by atoms with E-state index in [1.54, 1.807) is 0 Å². The van der Waals surface area contributed by atoms with Gasteiger partial charge in [-0.2, -0.15) is 0 Å². The minimum absolute atomic E-state index is 1.14. The van der Waals surface area contributed by atoms with Crippen molar-refractivity contribution in [2.75, 3.05) is 0 Å². The predicted octanol–water partition coefficient (Wildman–Crippen LogP) is 5.72. The first-order valence-corrected chi connectivity index (χ1v) is 19.8. The van der Waals surface area contributed by atoms with E-state index in [0.29, 0.717) is 0 Å². The Labute approximate surface area is 126 Å². The van der Waals surface area contributed by atoms with Crippen LogP contribution in [0.5, 0.6) is 0 Å². The molecule has 19 heavy (non-hydrogen) atoms. The van der Waals surface area contributed by atoms with Crippen molar-refractivity contribution in [1.82, 2.24) is 0 Å². The molecule has 0 saturated carbocycles. The van der Waals surface area contributed by atoms with Gasteiger partial charge in [0.2, 0.25) is 0 Å². The van der Waals surface area contributed by atoms with Gasteiger partial charge in [0.25, 0.3) is 0 Å². The maximum absolute atomic E-state index is 4.01. The average Bonchev–Trinajstić information content (AvgIpc) is 2.39. The van der Waals surface area contributed by atoms with Gasteiger partial charge in [0, 0.05) is 0 Å². The van der Waals surface area contributed by atoms with Crippen molar-refractivity contribution in [3.05, 3.63) is 12.3 Å². The third kappa shape index (κ3) is 7.01. The van der Waals surface area contributed by atoms with E-state index >= 15 is 0 Å². The second-order valence-corrected chi connectivity index (χ2v) is 26.9. The van der Waals surface area contributed by atoms with Crippen molar-refractivity contribution < 1.29 is 0 Å². The quantitative estimate of drug-likeness (QED) is 0.405. The molecule has 0 radical (unpaired) electrons. The van der Waals surface area contributed by atoms with Gasteiger partial charge < -0.3 is 0 Å². The molecule has 0 atom stereocenters. The summed E-state index contributed by atoms with van der Waals surface area (Å²) in [6, 6.07) is 2.73. The van der Waals surface area contributed by atoms with Crippen LogP contribution in [0.3, 0.4) is 0 Å². The summed E-state index contributed by atoms with van der Waals surface area (Å²) in [5.41, 5.74) is 6.04. The van der Waals surface area contributed by atoms with Crippen molar-refractivity contribution in [2.24, 2.45) is 0 Å². The van der Waals surface area contributed by atoms with Gasteiger partial charge in [0.15, 0.2) is 0 Å². The van der Waals surface area contributed by atoms with Crippen LogP contribution < -0.4 is 0 Å². The minimum atomic E-state index is -1.78. The van der Waals surface area contributed by atoms with Crippen molar-refractivity contribution in [3.8, 4) is 10.3 Å². The van der Waals surface area contributed by atoms with Crippen LogP contribution in [0.15, 0.2) is 12.3 Å². The summed E-state index contributed by atoms with van der Waals surface area (Å²) in [6.07, 6.45) is 0. The molecule has 0 heterocycles. The van der Waals surface area contributed by atoms with E-state index in [1.807, 2.05) is 0 Å². The van der Waals surface area contributed by atoms with Gasteiger partial charge in [-0.3, -0.25) is 0 Å². The number of rotatable bonds is 7. The molecule has 0 fully saturated rings. The monoisotopic (exact) mass is 356 g/mol. The first-order chi connectivity index (χ1) is 8.66. The molecule has 0 unspecified atom stereocenters. The molecule has 0 aromatic rings. The van der Waals surface area contributed by atoms with Crippen molar-refractivity contribution in [1.29, 1.82) is 0 Å². The standard InChI is InChI=1S/C16H34GeSi2/c1-9-17(10-2,11-3)13-14-19(7,8)16-15-18(5,6)12-4/h12H,4,9-11,15-16H2,1-3,5-8H3. The molecule has 0 aromatic carbocycles. The van der Waals surface area contributed by atoms with Gasteiger partial charge in [0.05, 0.1) is 0 Å². The van der Waals surface area contributed by atoms with E-state index in [0.717, 1.165) is 0 Å². The molecular formula is C16H34GeSi2. The summed E-state index contributed by atoms with van der Waals surface area (Å²) in [7, 11) is -2.46. The Morgan fingerprint density at radius 3 is 1.79 bits per heavy atom. The first kappa shape index (κ1) is 19.3. The van der Waals surface area contributed by atoms with Crippen molar-refractivity contribution in [3.63, 3.8) is 0 Å². The SMILES string of the molecule is C=C[Si](C)(C)CC[Si](C)(C)C#[C][Ge]([CH2]C)([CH2]C)[CH2]C. The summed E-state index contributed by atoms with van der Waals surface area (Å²) < 4.78 is 3.87. The molecule has 0 aliphatic rings. The molecule has 110 valence electrons. The second kappa shape index (κ2) is 7.90. The van der Waals surface area contributed by atoms with Crippen LogP contribution in [-0.2, 0) is 0 Å². The molecule has 0 spiro atoms. The normalized spacial score (nSPS) is 12.8. The summed E-state index contributed by atoms with van der Waals surface area (Å²) in [5, 5.41) is 4.12. The Bertz CT molecular complexity index is 335. The Balaban J connectivity index is 4.82. The van der Waals surface area contributed by atoms with E-state index in [9.17, 15) is 0 Å². The summed E-state index contributed by atoms with van der Waals surface area (Å²) >= 11 is -1.78. The van der Waals surface area contributed by atoms with Gasteiger partial charge >= 0.3 is 127 Å². The molecule has 3 heteroatoms.